The Kier molecular flexibility index (Phi) is 3.82. The van der Waals surface area contributed by atoms with Crippen LogP contribution >= 0.6 is 11.3 Å². The van der Waals surface area contributed by atoms with E-state index in [0.29, 0.717) is 12.5 Å². The van der Waals surface area contributed by atoms with Gasteiger partial charge in [-0.3, -0.25) is 0 Å². The molecule has 3 aliphatic rings. The van der Waals surface area contributed by atoms with Crippen LogP contribution in [0.2, 0.25) is 0 Å². The number of carbonyl (C=O) groups is 1. The molecule has 1 spiro atoms. The van der Waals surface area contributed by atoms with Crippen LogP contribution in [0.3, 0.4) is 0 Å². The third kappa shape index (κ3) is 2.99. The number of thiazole rings is 1. The van der Waals surface area contributed by atoms with Crippen LogP contribution in [0, 0.1) is 5.41 Å². The van der Waals surface area contributed by atoms with Crippen LogP contribution < -0.4 is 5.32 Å². The Morgan fingerprint density at radius 1 is 1.50 bits per heavy atom. The molecule has 0 radical (unpaired) electrons. The molecule has 3 fully saturated rings. The lowest BCUT2D eigenvalue weighted by atomic mass is 9.87. The molecule has 1 saturated carbocycles. The van der Waals surface area contributed by atoms with Crippen molar-refractivity contribution in [2.75, 3.05) is 32.8 Å². The van der Waals surface area contributed by atoms with Crippen LogP contribution in [-0.4, -0.2) is 48.8 Å². The minimum Gasteiger partial charge on any atom is -0.381 e. The first-order chi connectivity index (χ1) is 10.7. The SMILES string of the molecule is O=C(NCCc1nc(C2CC2)cs1)N1CCC2(CCOC2)C1. The van der Waals surface area contributed by atoms with Crippen molar-refractivity contribution < 1.29 is 9.53 Å². The largest absolute Gasteiger partial charge is 0.381 e. The van der Waals surface area contributed by atoms with E-state index >= 15 is 0 Å². The van der Waals surface area contributed by atoms with Crippen molar-refractivity contribution in [3.8, 4) is 0 Å². The number of hydrogen-bond donors (Lipinski definition) is 1. The fourth-order valence-corrected chi connectivity index (χ4v) is 4.35. The standard InChI is InChI=1S/C16H23N3O2S/c20-15(19-7-4-16(10-19)5-8-21-11-16)17-6-3-14-18-13(9-22-14)12-1-2-12/h9,12H,1-8,10-11H2,(H,17,20). The van der Waals surface area contributed by atoms with Crippen molar-refractivity contribution >= 4 is 17.4 Å². The molecular formula is C16H23N3O2S. The first kappa shape index (κ1) is 14.5. The van der Waals surface area contributed by atoms with Gasteiger partial charge in [0, 0.05) is 49.4 Å². The van der Waals surface area contributed by atoms with Crippen LogP contribution in [0.25, 0.3) is 0 Å². The van der Waals surface area contributed by atoms with Crippen LogP contribution in [0.1, 0.15) is 42.3 Å². The minimum absolute atomic E-state index is 0.0720. The molecule has 1 unspecified atom stereocenters. The van der Waals surface area contributed by atoms with Crippen molar-refractivity contribution in [2.45, 2.75) is 38.0 Å². The minimum atomic E-state index is 0.0720. The number of amides is 2. The second kappa shape index (κ2) is 5.81. The fraction of sp³-hybridized carbons (Fsp3) is 0.750. The van der Waals surface area contributed by atoms with Gasteiger partial charge in [0.15, 0.2) is 0 Å². The zero-order valence-electron chi connectivity index (χ0n) is 12.8. The Morgan fingerprint density at radius 2 is 2.41 bits per heavy atom. The molecule has 3 heterocycles. The normalized spacial score (nSPS) is 27.7. The van der Waals surface area contributed by atoms with E-state index in [1.165, 1.54) is 18.5 Å². The zero-order chi connectivity index (χ0) is 15.0. The molecule has 120 valence electrons. The quantitative estimate of drug-likeness (QED) is 0.926. The molecule has 22 heavy (non-hydrogen) atoms. The average molecular weight is 321 g/mol. The molecule has 1 aromatic rings. The number of nitrogens with one attached hydrogen (secondary N) is 1. The van der Waals surface area contributed by atoms with Gasteiger partial charge in [0.2, 0.25) is 0 Å². The monoisotopic (exact) mass is 321 g/mol. The second-order valence-electron chi connectivity index (χ2n) is 6.90. The lowest BCUT2D eigenvalue weighted by Gasteiger charge is -2.22. The Hall–Kier alpha value is -1.14. The van der Waals surface area contributed by atoms with Gasteiger partial charge in [-0.15, -0.1) is 11.3 Å². The third-order valence-electron chi connectivity index (χ3n) is 5.09. The van der Waals surface area contributed by atoms with E-state index in [-0.39, 0.29) is 11.4 Å². The van der Waals surface area contributed by atoms with E-state index in [9.17, 15) is 4.79 Å². The Bertz CT molecular complexity index is 549. The molecule has 4 rings (SSSR count). The number of rotatable bonds is 4. The molecule has 0 aromatic carbocycles. The number of ether oxygens (including phenoxy) is 1. The smallest absolute Gasteiger partial charge is 0.317 e. The van der Waals surface area contributed by atoms with Gasteiger partial charge in [0.05, 0.1) is 17.3 Å². The predicted octanol–water partition coefficient (Wildman–Crippen LogP) is 2.39. The molecular weight excluding hydrogens is 298 g/mol. The van der Waals surface area contributed by atoms with Crippen molar-refractivity contribution in [3.63, 3.8) is 0 Å². The van der Waals surface area contributed by atoms with Crippen molar-refractivity contribution in [2.24, 2.45) is 5.41 Å². The summed E-state index contributed by atoms with van der Waals surface area (Å²) in [5.74, 6) is 0.717. The van der Waals surface area contributed by atoms with E-state index in [1.54, 1.807) is 11.3 Å². The van der Waals surface area contributed by atoms with Gasteiger partial charge in [0.25, 0.3) is 0 Å². The maximum absolute atomic E-state index is 12.3. The number of urea groups is 1. The lowest BCUT2D eigenvalue weighted by molar-refractivity contribution is 0.152. The summed E-state index contributed by atoms with van der Waals surface area (Å²) in [7, 11) is 0. The van der Waals surface area contributed by atoms with Crippen molar-refractivity contribution in [1.82, 2.24) is 15.2 Å². The van der Waals surface area contributed by atoms with Crippen LogP contribution in [0.5, 0.6) is 0 Å². The summed E-state index contributed by atoms with van der Waals surface area (Å²) < 4.78 is 5.51. The third-order valence-corrected chi connectivity index (χ3v) is 6.02. The van der Waals surface area contributed by atoms with Gasteiger partial charge in [-0.1, -0.05) is 0 Å². The van der Waals surface area contributed by atoms with Crippen LogP contribution in [0.4, 0.5) is 4.79 Å². The van der Waals surface area contributed by atoms with E-state index < -0.39 is 0 Å². The van der Waals surface area contributed by atoms with Gasteiger partial charge < -0.3 is 15.0 Å². The molecule has 1 atom stereocenters. The molecule has 1 aliphatic carbocycles. The highest BCUT2D eigenvalue weighted by molar-refractivity contribution is 7.09. The van der Waals surface area contributed by atoms with Crippen molar-refractivity contribution in [3.05, 3.63) is 16.1 Å². The Morgan fingerprint density at radius 3 is 3.18 bits per heavy atom. The number of likely N-dealkylation sites (tertiary alicyclic amines) is 1. The first-order valence-corrected chi connectivity index (χ1v) is 9.17. The first-order valence-electron chi connectivity index (χ1n) is 8.29. The summed E-state index contributed by atoms with van der Waals surface area (Å²) in [5.41, 5.74) is 1.50. The van der Waals surface area contributed by atoms with E-state index in [2.05, 4.69) is 15.7 Å². The molecule has 5 nitrogen and oxygen atoms in total. The van der Waals surface area contributed by atoms with Gasteiger partial charge in [0.1, 0.15) is 0 Å². The lowest BCUT2D eigenvalue weighted by Crippen LogP contribution is -2.40. The highest BCUT2D eigenvalue weighted by atomic mass is 32.1. The maximum Gasteiger partial charge on any atom is 0.317 e. The summed E-state index contributed by atoms with van der Waals surface area (Å²) in [6.45, 7) is 4.05. The van der Waals surface area contributed by atoms with Crippen LogP contribution in [-0.2, 0) is 11.2 Å². The number of carbonyl (C=O) groups excluding carboxylic acids is 1. The van der Waals surface area contributed by atoms with E-state index in [4.69, 9.17) is 4.74 Å². The average Bonchev–Trinajstić information content (AvgIpc) is 2.95. The molecule has 0 bridgehead atoms. The summed E-state index contributed by atoms with van der Waals surface area (Å²) in [5, 5.41) is 6.37. The number of aromatic nitrogens is 1. The molecule has 2 aliphatic heterocycles. The fourth-order valence-electron chi connectivity index (χ4n) is 3.47. The molecule has 2 amide bonds. The van der Waals surface area contributed by atoms with Gasteiger partial charge >= 0.3 is 6.03 Å². The Balaban J connectivity index is 1.22. The predicted molar refractivity (Wildman–Crippen MR) is 85.3 cm³/mol. The zero-order valence-corrected chi connectivity index (χ0v) is 13.7. The van der Waals surface area contributed by atoms with Gasteiger partial charge in [-0.05, 0) is 25.7 Å². The summed E-state index contributed by atoms with van der Waals surface area (Å²) in [4.78, 5) is 18.9. The number of nitrogens with zero attached hydrogens (tertiary/aromatic N) is 2. The highest BCUT2D eigenvalue weighted by Gasteiger charge is 2.42. The van der Waals surface area contributed by atoms with Crippen LogP contribution in [0.15, 0.2) is 5.38 Å². The highest BCUT2D eigenvalue weighted by Crippen LogP contribution is 2.40. The van der Waals surface area contributed by atoms with E-state index in [1.807, 2.05) is 4.90 Å². The molecule has 1 N–H and O–H groups in total. The summed E-state index contributed by atoms with van der Waals surface area (Å²) in [6, 6.07) is 0.0720. The second-order valence-corrected chi connectivity index (χ2v) is 7.84. The molecule has 6 heteroatoms. The number of hydrogen-bond acceptors (Lipinski definition) is 4. The van der Waals surface area contributed by atoms with E-state index in [0.717, 1.165) is 50.6 Å². The molecule has 2 saturated heterocycles. The van der Waals surface area contributed by atoms with Gasteiger partial charge in [-0.2, -0.15) is 0 Å². The topological polar surface area (TPSA) is 54.5 Å². The van der Waals surface area contributed by atoms with Gasteiger partial charge in [-0.25, -0.2) is 9.78 Å². The Labute approximate surface area is 135 Å². The molecule has 1 aromatic heterocycles. The summed E-state index contributed by atoms with van der Waals surface area (Å²) in [6.07, 6.45) is 5.60. The maximum atomic E-state index is 12.3. The van der Waals surface area contributed by atoms with Crippen molar-refractivity contribution in [1.29, 1.82) is 0 Å². The summed E-state index contributed by atoms with van der Waals surface area (Å²) >= 11 is 1.72.